The number of nitrogens with zero attached hydrogens (tertiary/aromatic N) is 1. The summed E-state index contributed by atoms with van der Waals surface area (Å²) in [5.41, 5.74) is 1.07. The molecular weight excluding hydrogens is 218 g/mol. The molecule has 0 saturated carbocycles. The molecule has 0 unspecified atom stereocenters. The molecule has 0 saturated heterocycles. The van der Waals surface area contributed by atoms with Gasteiger partial charge in [0.25, 0.3) is 0 Å². The van der Waals surface area contributed by atoms with Gasteiger partial charge in [-0.15, -0.1) is 11.3 Å². The van der Waals surface area contributed by atoms with Gasteiger partial charge in [-0.2, -0.15) is 0 Å². The maximum Gasteiger partial charge on any atom is 0.222 e. The lowest BCUT2D eigenvalue weighted by Crippen LogP contribution is -1.79. The third-order valence-electron chi connectivity index (χ3n) is 2.51. The van der Waals surface area contributed by atoms with E-state index in [1.54, 1.807) is 5.38 Å². The van der Waals surface area contributed by atoms with E-state index in [4.69, 9.17) is 0 Å². The summed E-state index contributed by atoms with van der Waals surface area (Å²) in [5, 5.41) is 14.1. The van der Waals surface area contributed by atoms with Gasteiger partial charge >= 0.3 is 0 Å². The van der Waals surface area contributed by atoms with Crippen LogP contribution >= 0.6 is 11.3 Å². The summed E-state index contributed by atoms with van der Waals surface area (Å²) >= 11 is 1.46. The molecule has 0 aliphatic carbocycles. The molecule has 3 aromatic rings. The number of thiazole rings is 1. The second-order valence-corrected chi connectivity index (χ2v) is 4.40. The van der Waals surface area contributed by atoms with Gasteiger partial charge in [0.15, 0.2) is 0 Å². The summed E-state index contributed by atoms with van der Waals surface area (Å²) in [6, 6.07) is 14.3. The molecule has 0 aliphatic rings. The Bertz CT molecular complexity index is 640. The van der Waals surface area contributed by atoms with E-state index in [-0.39, 0.29) is 5.88 Å². The Morgan fingerprint density at radius 1 is 1.00 bits per heavy atom. The van der Waals surface area contributed by atoms with Crippen LogP contribution < -0.4 is 0 Å². The largest absolute Gasteiger partial charge is 0.493 e. The number of fused-ring (bicyclic) bond motifs is 1. The predicted molar refractivity (Wildman–Crippen MR) is 66.7 cm³/mol. The van der Waals surface area contributed by atoms with Gasteiger partial charge in [0.1, 0.15) is 5.01 Å². The van der Waals surface area contributed by atoms with Crippen LogP contribution in [0.2, 0.25) is 0 Å². The van der Waals surface area contributed by atoms with Crippen molar-refractivity contribution < 1.29 is 5.11 Å². The molecule has 0 bridgehead atoms. The van der Waals surface area contributed by atoms with Gasteiger partial charge in [-0.1, -0.05) is 42.5 Å². The van der Waals surface area contributed by atoms with E-state index in [1.165, 1.54) is 22.1 Å². The molecule has 78 valence electrons. The molecule has 0 fully saturated rings. The van der Waals surface area contributed by atoms with E-state index in [2.05, 4.69) is 23.2 Å². The fraction of sp³-hybridized carbons (Fsp3) is 0. The van der Waals surface area contributed by atoms with Crippen LogP contribution in [0.5, 0.6) is 5.88 Å². The van der Waals surface area contributed by atoms with Crippen LogP contribution in [0, 0.1) is 0 Å². The van der Waals surface area contributed by atoms with E-state index >= 15 is 0 Å². The van der Waals surface area contributed by atoms with Crippen molar-refractivity contribution in [3.8, 4) is 16.5 Å². The quantitative estimate of drug-likeness (QED) is 0.688. The van der Waals surface area contributed by atoms with Crippen molar-refractivity contribution in [2.75, 3.05) is 0 Å². The van der Waals surface area contributed by atoms with Gasteiger partial charge in [0.05, 0.1) is 5.38 Å². The lowest BCUT2D eigenvalue weighted by atomic mass is 10.1. The first kappa shape index (κ1) is 9.36. The number of hydrogen-bond acceptors (Lipinski definition) is 3. The molecular formula is C13H9NOS. The van der Waals surface area contributed by atoms with Gasteiger partial charge in [-0.25, -0.2) is 4.98 Å². The zero-order valence-corrected chi connectivity index (χ0v) is 9.24. The lowest BCUT2D eigenvalue weighted by molar-refractivity contribution is 0.458. The van der Waals surface area contributed by atoms with Gasteiger partial charge in [-0.05, 0) is 10.8 Å². The fourth-order valence-corrected chi connectivity index (χ4v) is 2.52. The number of aromatic nitrogens is 1. The maximum atomic E-state index is 9.29. The van der Waals surface area contributed by atoms with Gasteiger partial charge in [-0.3, -0.25) is 0 Å². The topological polar surface area (TPSA) is 33.1 Å². The van der Waals surface area contributed by atoms with Crippen molar-refractivity contribution >= 4 is 22.1 Å². The first-order valence-electron chi connectivity index (χ1n) is 4.97. The highest BCUT2D eigenvalue weighted by molar-refractivity contribution is 7.13. The van der Waals surface area contributed by atoms with E-state index in [1.807, 2.05) is 24.3 Å². The Kier molecular flexibility index (Phi) is 2.11. The number of hydrogen-bond donors (Lipinski definition) is 1. The third-order valence-corrected chi connectivity index (χ3v) is 3.38. The standard InChI is InChI=1S/C13H9NOS/c15-12-8-16-13(14-12)11-7-3-5-9-4-1-2-6-10(9)11/h1-8,15H. The Hall–Kier alpha value is -1.87. The molecule has 16 heavy (non-hydrogen) atoms. The van der Waals surface area contributed by atoms with Crippen molar-refractivity contribution in [2.45, 2.75) is 0 Å². The molecule has 1 N–H and O–H groups in total. The first-order chi connectivity index (χ1) is 7.84. The zero-order valence-electron chi connectivity index (χ0n) is 8.42. The van der Waals surface area contributed by atoms with Crippen LogP contribution in [0.15, 0.2) is 47.8 Å². The molecule has 2 aromatic carbocycles. The van der Waals surface area contributed by atoms with E-state index in [0.717, 1.165) is 10.6 Å². The van der Waals surface area contributed by atoms with Gasteiger partial charge in [0.2, 0.25) is 5.88 Å². The van der Waals surface area contributed by atoms with Crippen LogP contribution in [-0.2, 0) is 0 Å². The molecule has 1 heterocycles. The average molecular weight is 227 g/mol. The summed E-state index contributed by atoms with van der Waals surface area (Å²) in [6.45, 7) is 0. The molecule has 0 atom stereocenters. The van der Waals surface area contributed by atoms with E-state index < -0.39 is 0 Å². The molecule has 0 spiro atoms. The Balaban J connectivity index is 2.31. The lowest BCUT2D eigenvalue weighted by Gasteiger charge is -2.02. The molecule has 0 radical (unpaired) electrons. The normalized spacial score (nSPS) is 10.8. The summed E-state index contributed by atoms with van der Waals surface area (Å²) in [7, 11) is 0. The minimum atomic E-state index is 0.0907. The van der Waals surface area contributed by atoms with Crippen LogP contribution in [0.3, 0.4) is 0 Å². The number of benzene rings is 2. The van der Waals surface area contributed by atoms with E-state index in [9.17, 15) is 5.11 Å². The smallest absolute Gasteiger partial charge is 0.222 e. The van der Waals surface area contributed by atoms with Crippen molar-refractivity contribution in [1.29, 1.82) is 0 Å². The Labute approximate surface area is 96.8 Å². The van der Waals surface area contributed by atoms with Gasteiger partial charge < -0.3 is 5.11 Å². The molecule has 2 nitrogen and oxygen atoms in total. The highest BCUT2D eigenvalue weighted by Crippen LogP contribution is 2.32. The summed E-state index contributed by atoms with van der Waals surface area (Å²) in [6.07, 6.45) is 0. The number of aromatic hydroxyl groups is 1. The second-order valence-electron chi connectivity index (χ2n) is 3.54. The molecule has 1 aromatic heterocycles. The molecule has 3 heteroatoms. The molecule has 0 aliphatic heterocycles. The first-order valence-corrected chi connectivity index (χ1v) is 5.85. The fourth-order valence-electron chi connectivity index (χ4n) is 1.80. The van der Waals surface area contributed by atoms with Crippen molar-refractivity contribution in [2.24, 2.45) is 0 Å². The minimum Gasteiger partial charge on any atom is -0.493 e. The highest BCUT2D eigenvalue weighted by atomic mass is 32.1. The van der Waals surface area contributed by atoms with Crippen molar-refractivity contribution in [1.82, 2.24) is 4.98 Å². The maximum absolute atomic E-state index is 9.29. The number of rotatable bonds is 1. The predicted octanol–water partition coefficient (Wildman–Crippen LogP) is 3.67. The Morgan fingerprint density at radius 3 is 2.62 bits per heavy atom. The van der Waals surface area contributed by atoms with Crippen LogP contribution in [0.4, 0.5) is 0 Å². The van der Waals surface area contributed by atoms with Gasteiger partial charge in [0, 0.05) is 5.56 Å². The zero-order chi connectivity index (χ0) is 11.0. The highest BCUT2D eigenvalue weighted by Gasteiger charge is 2.06. The summed E-state index contributed by atoms with van der Waals surface area (Å²) < 4.78 is 0. The minimum absolute atomic E-state index is 0.0907. The van der Waals surface area contributed by atoms with Crippen LogP contribution in [0.25, 0.3) is 21.3 Å². The third kappa shape index (κ3) is 1.46. The van der Waals surface area contributed by atoms with Crippen LogP contribution in [-0.4, -0.2) is 10.1 Å². The SMILES string of the molecule is Oc1csc(-c2cccc3ccccc23)n1. The van der Waals surface area contributed by atoms with E-state index in [0.29, 0.717) is 0 Å². The molecule has 3 rings (SSSR count). The molecule has 0 amide bonds. The Morgan fingerprint density at radius 2 is 1.81 bits per heavy atom. The van der Waals surface area contributed by atoms with Crippen molar-refractivity contribution in [3.63, 3.8) is 0 Å². The average Bonchev–Trinajstić information content (AvgIpc) is 2.75. The summed E-state index contributed by atoms with van der Waals surface area (Å²) in [5.74, 6) is 0.0907. The monoisotopic (exact) mass is 227 g/mol. The summed E-state index contributed by atoms with van der Waals surface area (Å²) in [4.78, 5) is 4.11. The van der Waals surface area contributed by atoms with Crippen molar-refractivity contribution in [3.05, 3.63) is 47.8 Å². The second kappa shape index (κ2) is 3.61. The van der Waals surface area contributed by atoms with Crippen LogP contribution in [0.1, 0.15) is 0 Å².